The van der Waals surface area contributed by atoms with E-state index < -0.39 is 0 Å². The molecule has 0 unspecified atom stereocenters. The van der Waals surface area contributed by atoms with Gasteiger partial charge in [-0.25, -0.2) is 0 Å². The van der Waals surface area contributed by atoms with Gasteiger partial charge in [0.05, 0.1) is 0 Å². The molecule has 1 nitrogen and oxygen atoms in total. The second-order valence-corrected chi connectivity index (χ2v) is 5.21. The number of rotatable bonds is 2. The molecule has 13 heavy (non-hydrogen) atoms. The van der Waals surface area contributed by atoms with Crippen LogP contribution in [0.25, 0.3) is 0 Å². The first kappa shape index (κ1) is 9.93. The van der Waals surface area contributed by atoms with Crippen molar-refractivity contribution in [2.45, 2.75) is 13.1 Å². The monoisotopic (exact) mass is 351 g/mol. The molecule has 70 valence electrons. The van der Waals surface area contributed by atoms with Crippen LogP contribution in [0.15, 0.2) is 22.7 Å². The van der Waals surface area contributed by atoms with Gasteiger partial charge in [-0.2, -0.15) is 0 Å². The first-order chi connectivity index (χ1) is 6.31. The molecule has 0 saturated carbocycles. The van der Waals surface area contributed by atoms with Gasteiger partial charge in [-0.3, -0.25) is 4.90 Å². The fourth-order valence-electron chi connectivity index (χ4n) is 1.73. The lowest BCUT2D eigenvalue weighted by atomic mass is 10.1. The third-order valence-electron chi connectivity index (χ3n) is 2.39. The van der Waals surface area contributed by atoms with Crippen molar-refractivity contribution in [3.63, 3.8) is 0 Å². The van der Waals surface area contributed by atoms with Crippen molar-refractivity contribution >= 4 is 38.5 Å². The van der Waals surface area contributed by atoms with Gasteiger partial charge in [0.1, 0.15) is 0 Å². The number of hydrogen-bond acceptors (Lipinski definition) is 1. The molecular formula is C10H11BrIN. The highest BCUT2D eigenvalue weighted by Crippen LogP contribution is 2.28. The molecule has 2 rings (SSSR count). The summed E-state index contributed by atoms with van der Waals surface area (Å²) in [6, 6.07) is 6.48. The topological polar surface area (TPSA) is 3.24 Å². The van der Waals surface area contributed by atoms with E-state index in [9.17, 15) is 0 Å². The van der Waals surface area contributed by atoms with Crippen LogP contribution in [0, 0.1) is 0 Å². The highest BCUT2D eigenvalue weighted by Gasteiger charge is 2.19. The van der Waals surface area contributed by atoms with E-state index in [0.29, 0.717) is 0 Å². The third kappa shape index (κ3) is 2.07. The molecule has 0 amide bonds. The van der Waals surface area contributed by atoms with E-state index in [4.69, 9.17) is 0 Å². The van der Waals surface area contributed by atoms with E-state index in [-0.39, 0.29) is 0 Å². The molecular weight excluding hydrogens is 341 g/mol. The quantitative estimate of drug-likeness (QED) is 0.584. The molecule has 1 aromatic carbocycles. The normalized spacial score (nSPS) is 16.2. The van der Waals surface area contributed by atoms with Crippen LogP contribution in [0.3, 0.4) is 0 Å². The molecule has 0 aromatic heterocycles. The number of alkyl halides is 1. The van der Waals surface area contributed by atoms with Crippen molar-refractivity contribution in [2.24, 2.45) is 0 Å². The van der Waals surface area contributed by atoms with Crippen LogP contribution in [0.2, 0.25) is 0 Å². The van der Waals surface area contributed by atoms with Gasteiger partial charge in [-0.15, -0.1) is 0 Å². The predicted molar refractivity (Wildman–Crippen MR) is 67.1 cm³/mol. The van der Waals surface area contributed by atoms with Crippen molar-refractivity contribution in [1.82, 2.24) is 4.90 Å². The van der Waals surface area contributed by atoms with E-state index in [1.807, 2.05) is 0 Å². The molecule has 3 heteroatoms. The SMILES string of the molecule is Brc1cccc2c1CN(CCI)C2. The number of halogens is 2. The molecule has 0 atom stereocenters. The number of nitrogens with zero attached hydrogens (tertiary/aromatic N) is 1. The van der Waals surface area contributed by atoms with Gasteiger partial charge in [0.25, 0.3) is 0 Å². The minimum Gasteiger partial charge on any atom is -0.294 e. The second-order valence-electron chi connectivity index (χ2n) is 3.28. The number of benzene rings is 1. The molecule has 1 aliphatic rings. The molecule has 0 radical (unpaired) electrons. The summed E-state index contributed by atoms with van der Waals surface area (Å²) in [5.74, 6) is 0. The lowest BCUT2D eigenvalue weighted by Gasteiger charge is -2.11. The van der Waals surface area contributed by atoms with Gasteiger partial charge < -0.3 is 0 Å². The van der Waals surface area contributed by atoms with Gasteiger partial charge in [-0.1, -0.05) is 50.7 Å². The highest BCUT2D eigenvalue weighted by atomic mass is 127. The Morgan fingerprint density at radius 3 is 2.92 bits per heavy atom. The lowest BCUT2D eigenvalue weighted by Crippen LogP contribution is -2.18. The van der Waals surface area contributed by atoms with E-state index in [0.717, 1.165) is 13.1 Å². The van der Waals surface area contributed by atoms with Gasteiger partial charge in [0.15, 0.2) is 0 Å². The minimum absolute atomic E-state index is 1.11. The molecule has 1 heterocycles. The summed E-state index contributed by atoms with van der Waals surface area (Å²) in [7, 11) is 0. The Kier molecular flexibility index (Phi) is 3.26. The number of hydrogen-bond donors (Lipinski definition) is 0. The molecule has 0 spiro atoms. The predicted octanol–water partition coefficient (Wildman–Crippen LogP) is 3.20. The van der Waals surface area contributed by atoms with Crippen LogP contribution in [0.5, 0.6) is 0 Å². The first-order valence-electron chi connectivity index (χ1n) is 4.36. The highest BCUT2D eigenvalue weighted by molar-refractivity contribution is 14.1. The lowest BCUT2D eigenvalue weighted by molar-refractivity contribution is 0.305. The van der Waals surface area contributed by atoms with Crippen molar-refractivity contribution in [3.8, 4) is 0 Å². The smallest absolute Gasteiger partial charge is 0.0252 e. The Morgan fingerprint density at radius 2 is 2.23 bits per heavy atom. The van der Waals surface area contributed by atoms with E-state index >= 15 is 0 Å². The van der Waals surface area contributed by atoms with Crippen molar-refractivity contribution in [2.75, 3.05) is 11.0 Å². The van der Waals surface area contributed by atoms with Gasteiger partial charge >= 0.3 is 0 Å². The van der Waals surface area contributed by atoms with Gasteiger partial charge in [0.2, 0.25) is 0 Å². The summed E-state index contributed by atoms with van der Waals surface area (Å²) in [6.07, 6.45) is 0. The standard InChI is InChI=1S/C10H11BrIN/c11-10-3-1-2-8-6-13(5-4-12)7-9(8)10/h1-3H,4-7H2. The van der Waals surface area contributed by atoms with Gasteiger partial charge in [0, 0.05) is 28.5 Å². The summed E-state index contributed by atoms with van der Waals surface area (Å²) >= 11 is 6.03. The maximum atomic E-state index is 3.60. The Balaban J connectivity index is 2.20. The molecule has 0 aliphatic carbocycles. The summed E-state index contributed by atoms with van der Waals surface area (Å²) in [6.45, 7) is 3.43. The maximum absolute atomic E-state index is 3.60. The Hall–Kier alpha value is 0.390. The average molecular weight is 352 g/mol. The fourth-order valence-corrected chi connectivity index (χ4v) is 2.94. The van der Waals surface area contributed by atoms with Crippen LogP contribution < -0.4 is 0 Å². The summed E-state index contributed by atoms with van der Waals surface area (Å²) in [5.41, 5.74) is 2.96. The van der Waals surface area contributed by atoms with Gasteiger partial charge in [-0.05, 0) is 17.2 Å². The number of fused-ring (bicyclic) bond motifs is 1. The largest absolute Gasteiger partial charge is 0.294 e. The summed E-state index contributed by atoms with van der Waals surface area (Å²) in [5, 5.41) is 0. The maximum Gasteiger partial charge on any atom is 0.0252 e. The van der Waals surface area contributed by atoms with Crippen LogP contribution >= 0.6 is 38.5 Å². The third-order valence-corrected chi connectivity index (χ3v) is 3.62. The van der Waals surface area contributed by atoms with Crippen molar-refractivity contribution in [1.29, 1.82) is 0 Å². The Labute approximate surface area is 101 Å². The van der Waals surface area contributed by atoms with Crippen LogP contribution in [0.4, 0.5) is 0 Å². The molecule has 0 saturated heterocycles. The van der Waals surface area contributed by atoms with Crippen LogP contribution in [-0.2, 0) is 13.1 Å². The van der Waals surface area contributed by atoms with E-state index in [2.05, 4.69) is 61.6 Å². The zero-order valence-corrected chi connectivity index (χ0v) is 11.0. The Morgan fingerprint density at radius 1 is 1.38 bits per heavy atom. The molecule has 0 fully saturated rings. The van der Waals surface area contributed by atoms with Crippen LogP contribution in [-0.4, -0.2) is 15.9 Å². The Bertz CT molecular complexity index is 314. The fraction of sp³-hybridized carbons (Fsp3) is 0.400. The second kappa shape index (κ2) is 4.28. The van der Waals surface area contributed by atoms with Crippen LogP contribution in [0.1, 0.15) is 11.1 Å². The molecule has 0 bridgehead atoms. The summed E-state index contributed by atoms with van der Waals surface area (Å²) in [4.78, 5) is 2.49. The minimum atomic E-state index is 1.11. The molecule has 1 aromatic rings. The molecule has 1 aliphatic heterocycles. The first-order valence-corrected chi connectivity index (χ1v) is 6.67. The van der Waals surface area contributed by atoms with Crippen molar-refractivity contribution < 1.29 is 0 Å². The zero-order chi connectivity index (χ0) is 9.26. The zero-order valence-electron chi connectivity index (χ0n) is 7.26. The molecule has 0 N–H and O–H groups in total. The van der Waals surface area contributed by atoms with E-state index in [1.54, 1.807) is 0 Å². The van der Waals surface area contributed by atoms with E-state index in [1.165, 1.54) is 26.6 Å². The van der Waals surface area contributed by atoms with Crippen molar-refractivity contribution in [3.05, 3.63) is 33.8 Å². The summed E-state index contributed by atoms with van der Waals surface area (Å²) < 4.78 is 2.48. The average Bonchev–Trinajstić information content (AvgIpc) is 2.49.